The molecule has 0 radical (unpaired) electrons. The molecule has 0 saturated heterocycles. The number of imidazole rings is 1. The molecule has 0 saturated carbocycles. The molecule has 0 aliphatic carbocycles. The number of nitrogens with two attached hydrogens (primary N) is 1. The molecule has 0 aliphatic heterocycles. The normalized spacial score (nSPS) is 10.8. The summed E-state index contributed by atoms with van der Waals surface area (Å²) < 4.78 is 0.811. The van der Waals surface area contributed by atoms with E-state index in [1.807, 2.05) is 42.5 Å². The van der Waals surface area contributed by atoms with Gasteiger partial charge in [-0.2, -0.15) is 0 Å². The van der Waals surface area contributed by atoms with Gasteiger partial charge in [-0.25, -0.2) is 4.98 Å². The van der Waals surface area contributed by atoms with Crippen LogP contribution < -0.4 is 5.73 Å². The first kappa shape index (κ1) is 13.2. The van der Waals surface area contributed by atoms with Crippen LogP contribution in [0.3, 0.4) is 0 Å². The Labute approximate surface area is 128 Å². The van der Waals surface area contributed by atoms with Crippen LogP contribution in [0.15, 0.2) is 57.0 Å². The van der Waals surface area contributed by atoms with Crippen molar-refractivity contribution in [3.63, 3.8) is 0 Å². The van der Waals surface area contributed by atoms with Gasteiger partial charge < -0.3 is 10.7 Å². The zero-order valence-corrected chi connectivity index (χ0v) is 12.8. The predicted octanol–water partition coefficient (Wildman–Crippen LogP) is 3.76. The molecule has 4 nitrogen and oxygen atoms in total. The monoisotopic (exact) mass is 346 g/mol. The number of aromatic nitrogens is 2. The molecule has 100 valence electrons. The summed E-state index contributed by atoms with van der Waals surface area (Å²) in [5.41, 5.74) is 8.17. The predicted molar refractivity (Wildman–Crippen MR) is 85.4 cm³/mol. The molecule has 0 amide bonds. The fraction of sp³-hybridized carbons (Fsp3) is 0. The Kier molecular flexibility index (Phi) is 3.50. The maximum absolute atomic E-state index is 7.46. The van der Waals surface area contributed by atoms with Crippen molar-refractivity contribution >= 4 is 44.6 Å². The number of H-pyrrole nitrogens is 1. The molecule has 3 aromatic rings. The van der Waals surface area contributed by atoms with Crippen molar-refractivity contribution in [2.45, 2.75) is 10.1 Å². The Bertz CT molecular complexity index is 764. The average Bonchev–Trinajstić information content (AvgIpc) is 2.80. The standard InChI is InChI=1S/C14H11BrN4S/c15-10-7-8(5-6-9(10)13(16)17)20-14-18-11-3-1-2-4-12(11)19-14/h1-7H,(H3,16,17)(H,18,19). The molecule has 1 heterocycles. The van der Waals surface area contributed by atoms with Crippen LogP contribution in [-0.4, -0.2) is 15.8 Å². The Morgan fingerprint density at radius 3 is 2.75 bits per heavy atom. The number of hydrogen-bond acceptors (Lipinski definition) is 3. The highest BCUT2D eigenvalue weighted by Crippen LogP contribution is 2.30. The van der Waals surface area contributed by atoms with Gasteiger partial charge in [-0.15, -0.1) is 0 Å². The summed E-state index contributed by atoms with van der Waals surface area (Å²) in [5.74, 6) is 0.0529. The van der Waals surface area contributed by atoms with Crippen LogP contribution in [0.25, 0.3) is 11.0 Å². The van der Waals surface area contributed by atoms with Crippen molar-refractivity contribution in [1.82, 2.24) is 9.97 Å². The number of amidine groups is 1. The van der Waals surface area contributed by atoms with Gasteiger partial charge in [0, 0.05) is 14.9 Å². The van der Waals surface area contributed by atoms with Gasteiger partial charge in [0.05, 0.1) is 11.0 Å². The Hall–Kier alpha value is -1.79. The minimum atomic E-state index is 0.0529. The number of fused-ring (bicyclic) bond motifs is 1. The van der Waals surface area contributed by atoms with E-state index in [2.05, 4.69) is 25.9 Å². The Morgan fingerprint density at radius 1 is 1.25 bits per heavy atom. The van der Waals surface area contributed by atoms with Crippen LogP contribution >= 0.6 is 27.7 Å². The molecule has 0 spiro atoms. The number of nitrogens with zero attached hydrogens (tertiary/aromatic N) is 1. The lowest BCUT2D eigenvalue weighted by Crippen LogP contribution is -2.11. The van der Waals surface area contributed by atoms with E-state index in [0.29, 0.717) is 5.56 Å². The first-order chi connectivity index (χ1) is 9.63. The topological polar surface area (TPSA) is 78.6 Å². The van der Waals surface area contributed by atoms with Crippen molar-refractivity contribution in [2.75, 3.05) is 0 Å². The molecule has 6 heteroatoms. The van der Waals surface area contributed by atoms with Crippen LogP contribution in [0.2, 0.25) is 0 Å². The van der Waals surface area contributed by atoms with Crippen LogP contribution in [0.1, 0.15) is 5.56 Å². The van der Waals surface area contributed by atoms with E-state index in [0.717, 1.165) is 25.6 Å². The van der Waals surface area contributed by atoms with Crippen molar-refractivity contribution < 1.29 is 0 Å². The van der Waals surface area contributed by atoms with E-state index in [1.54, 1.807) is 0 Å². The minimum Gasteiger partial charge on any atom is -0.384 e. The lowest BCUT2D eigenvalue weighted by molar-refractivity contribution is 1.08. The average molecular weight is 347 g/mol. The number of aromatic amines is 1. The van der Waals surface area contributed by atoms with Gasteiger partial charge in [0.1, 0.15) is 5.84 Å². The van der Waals surface area contributed by atoms with Crippen LogP contribution in [0.5, 0.6) is 0 Å². The first-order valence-electron chi connectivity index (χ1n) is 5.90. The molecule has 0 aliphatic rings. The summed E-state index contributed by atoms with van der Waals surface area (Å²) in [6.45, 7) is 0. The number of hydrogen-bond donors (Lipinski definition) is 3. The highest BCUT2D eigenvalue weighted by Gasteiger charge is 2.07. The molecule has 0 bridgehead atoms. The Morgan fingerprint density at radius 2 is 2.05 bits per heavy atom. The lowest BCUT2D eigenvalue weighted by Gasteiger charge is -2.04. The van der Waals surface area contributed by atoms with Gasteiger partial charge in [-0.1, -0.05) is 23.9 Å². The summed E-state index contributed by atoms with van der Waals surface area (Å²) in [6, 6.07) is 13.6. The van der Waals surface area contributed by atoms with E-state index in [9.17, 15) is 0 Å². The number of rotatable bonds is 3. The fourth-order valence-corrected chi connectivity index (χ4v) is 3.45. The molecular formula is C14H11BrN4S. The molecule has 0 unspecified atom stereocenters. The van der Waals surface area contributed by atoms with Gasteiger partial charge in [0.25, 0.3) is 0 Å². The van der Waals surface area contributed by atoms with E-state index >= 15 is 0 Å². The summed E-state index contributed by atoms with van der Waals surface area (Å²) in [7, 11) is 0. The molecular weight excluding hydrogens is 336 g/mol. The minimum absolute atomic E-state index is 0.0529. The molecule has 4 N–H and O–H groups in total. The van der Waals surface area contributed by atoms with Gasteiger partial charge in [-0.05, 0) is 46.3 Å². The first-order valence-corrected chi connectivity index (χ1v) is 7.51. The van der Waals surface area contributed by atoms with E-state index in [4.69, 9.17) is 11.1 Å². The molecule has 0 atom stereocenters. The van der Waals surface area contributed by atoms with Crippen molar-refractivity contribution in [3.05, 3.63) is 52.5 Å². The van der Waals surface area contributed by atoms with Gasteiger partial charge >= 0.3 is 0 Å². The quantitative estimate of drug-likeness (QED) is 0.499. The molecule has 3 rings (SSSR count). The third kappa shape index (κ3) is 2.57. The zero-order valence-electron chi connectivity index (χ0n) is 10.4. The van der Waals surface area contributed by atoms with Crippen LogP contribution in [0, 0.1) is 5.41 Å². The second-order valence-electron chi connectivity index (χ2n) is 4.22. The summed E-state index contributed by atoms with van der Waals surface area (Å²) in [6.07, 6.45) is 0. The maximum Gasteiger partial charge on any atom is 0.171 e. The van der Waals surface area contributed by atoms with E-state index in [-0.39, 0.29) is 5.84 Å². The number of para-hydroxylation sites is 2. The van der Waals surface area contributed by atoms with Crippen LogP contribution in [0.4, 0.5) is 0 Å². The number of nitrogens with one attached hydrogen (secondary N) is 2. The van der Waals surface area contributed by atoms with Crippen molar-refractivity contribution in [2.24, 2.45) is 5.73 Å². The summed E-state index contributed by atoms with van der Waals surface area (Å²) >= 11 is 4.97. The maximum atomic E-state index is 7.46. The van der Waals surface area contributed by atoms with E-state index < -0.39 is 0 Å². The number of halogens is 1. The summed E-state index contributed by atoms with van der Waals surface area (Å²) in [5, 5.41) is 8.30. The van der Waals surface area contributed by atoms with E-state index in [1.165, 1.54) is 11.8 Å². The second-order valence-corrected chi connectivity index (χ2v) is 6.13. The van der Waals surface area contributed by atoms with Crippen molar-refractivity contribution in [1.29, 1.82) is 5.41 Å². The highest BCUT2D eigenvalue weighted by atomic mass is 79.9. The van der Waals surface area contributed by atoms with Gasteiger partial charge in [0.15, 0.2) is 5.16 Å². The summed E-state index contributed by atoms with van der Waals surface area (Å²) in [4.78, 5) is 8.82. The smallest absolute Gasteiger partial charge is 0.171 e. The second kappa shape index (κ2) is 5.30. The largest absolute Gasteiger partial charge is 0.384 e. The molecule has 2 aromatic carbocycles. The van der Waals surface area contributed by atoms with Crippen molar-refractivity contribution in [3.8, 4) is 0 Å². The third-order valence-electron chi connectivity index (χ3n) is 2.81. The zero-order chi connectivity index (χ0) is 14.1. The fourth-order valence-electron chi connectivity index (χ4n) is 1.87. The highest BCUT2D eigenvalue weighted by molar-refractivity contribution is 9.10. The molecule has 1 aromatic heterocycles. The Balaban J connectivity index is 1.90. The lowest BCUT2D eigenvalue weighted by atomic mass is 10.2. The number of nitrogen functional groups attached to an aromatic ring is 1. The number of benzene rings is 2. The molecule has 20 heavy (non-hydrogen) atoms. The molecule has 0 fully saturated rings. The van der Waals surface area contributed by atoms with Crippen LogP contribution in [-0.2, 0) is 0 Å². The third-order valence-corrected chi connectivity index (χ3v) is 4.35. The van der Waals surface area contributed by atoms with Gasteiger partial charge in [0.2, 0.25) is 0 Å². The SMILES string of the molecule is N=C(N)c1ccc(Sc2nc3ccccc3[nH]2)cc1Br. The van der Waals surface area contributed by atoms with Gasteiger partial charge in [-0.3, -0.25) is 5.41 Å².